The van der Waals surface area contributed by atoms with Crippen LogP contribution < -0.4 is 5.32 Å². The monoisotopic (exact) mass is 350 g/mol. The minimum Gasteiger partial charge on any atom is -0.376 e. The summed E-state index contributed by atoms with van der Waals surface area (Å²) in [6.45, 7) is 2.00. The van der Waals surface area contributed by atoms with E-state index in [0.717, 1.165) is 20.3 Å². The fourth-order valence-electron chi connectivity index (χ4n) is 2.02. The van der Waals surface area contributed by atoms with Crippen LogP contribution in [0.25, 0.3) is 10.2 Å². The summed E-state index contributed by atoms with van der Waals surface area (Å²) in [5.74, 6) is -0.259. The molecule has 3 aromatic rings. The molecule has 1 unspecified atom stereocenters. The van der Waals surface area contributed by atoms with E-state index < -0.39 is 0 Å². The molecule has 1 aromatic carbocycles. The van der Waals surface area contributed by atoms with E-state index in [4.69, 9.17) is 0 Å². The Morgan fingerprint density at radius 2 is 2.15 bits per heavy atom. The lowest BCUT2D eigenvalue weighted by Crippen LogP contribution is -2.08. The van der Waals surface area contributed by atoms with E-state index in [1.54, 1.807) is 23.5 Å². The molecular formula is C15H12BrFN2S. The molecule has 0 saturated carbocycles. The van der Waals surface area contributed by atoms with Crippen molar-refractivity contribution >= 4 is 43.2 Å². The maximum Gasteiger partial charge on any atom is 0.146 e. The van der Waals surface area contributed by atoms with Crippen LogP contribution in [0.4, 0.5) is 10.1 Å². The van der Waals surface area contributed by atoms with E-state index in [-0.39, 0.29) is 11.9 Å². The van der Waals surface area contributed by atoms with Gasteiger partial charge in [0.15, 0.2) is 0 Å². The molecule has 0 aliphatic rings. The van der Waals surface area contributed by atoms with Crippen LogP contribution in [0.1, 0.15) is 18.5 Å². The summed E-state index contributed by atoms with van der Waals surface area (Å²) in [5.41, 5.74) is 2.53. The van der Waals surface area contributed by atoms with Crippen molar-refractivity contribution in [3.63, 3.8) is 0 Å². The maximum absolute atomic E-state index is 13.8. The van der Waals surface area contributed by atoms with Gasteiger partial charge in [-0.2, -0.15) is 0 Å². The van der Waals surface area contributed by atoms with Gasteiger partial charge in [-0.05, 0) is 48.2 Å². The van der Waals surface area contributed by atoms with E-state index in [1.165, 1.54) is 6.07 Å². The summed E-state index contributed by atoms with van der Waals surface area (Å²) in [5, 5.41) is 5.21. The van der Waals surface area contributed by atoms with Gasteiger partial charge >= 0.3 is 0 Å². The number of fused-ring (bicyclic) bond motifs is 1. The molecule has 0 aliphatic carbocycles. The number of pyridine rings is 1. The topological polar surface area (TPSA) is 24.9 Å². The summed E-state index contributed by atoms with van der Waals surface area (Å²) in [7, 11) is 0. The second-order valence-corrected chi connectivity index (χ2v) is 6.43. The molecule has 0 aliphatic heterocycles. The van der Waals surface area contributed by atoms with Crippen LogP contribution in [0, 0.1) is 5.82 Å². The van der Waals surface area contributed by atoms with Gasteiger partial charge in [0.05, 0.1) is 21.9 Å². The minimum absolute atomic E-state index is 0.0159. The number of aromatic nitrogens is 1. The van der Waals surface area contributed by atoms with Gasteiger partial charge in [-0.15, -0.1) is 11.3 Å². The minimum atomic E-state index is -0.259. The normalized spacial score (nSPS) is 12.6. The zero-order valence-corrected chi connectivity index (χ0v) is 13.1. The van der Waals surface area contributed by atoms with Crippen molar-refractivity contribution in [1.82, 2.24) is 4.98 Å². The summed E-state index contributed by atoms with van der Waals surface area (Å²) < 4.78 is 15.7. The van der Waals surface area contributed by atoms with Crippen molar-refractivity contribution < 1.29 is 4.39 Å². The molecule has 2 aromatic heterocycles. The first-order chi connectivity index (χ1) is 9.63. The molecule has 20 heavy (non-hydrogen) atoms. The number of halogens is 2. The first-order valence-electron chi connectivity index (χ1n) is 6.18. The number of hydrogen-bond acceptors (Lipinski definition) is 3. The van der Waals surface area contributed by atoms with E-state index in [1.807, 2.05) is 24.6 Å². The molecule has 0 saturated heterocycles. The molecule has 5 heteroatoms. The zero-order chi connectivity index (χ0) is 14.1. The van der Waals surface area contributed by atoms with Crippen molar-refractivity contribution in [2.45, 2.75) is 13.0 Å². The van der Waals surface area contributed by atoms with Crippen LogP contribution in [-0.4, -0.2) is 4.98 Å². The van der Waals surface area contributed by atoms with Crippen molar-refractivity contribution in [2.24, 2.45) is 0 Å². The molecule has 0 fully saturated rings. The highest BCUT2D eigenvalue weighted by Gasteiger charge is 2.10. The van der Waals surface area contributed by atoms with Gasteiger partial charge in [0.25, 0.3) is 0 Å². The third kappa shape index (κ3) is 2.69. The van der Waals surface area contributed by atoms with E-state index in [9.17, 15) is 4.39 Å². The van der Waals surface area contributed by atoms with Gasteiger partial charge in [0, 0.05) is 10.7 Å². The molecule has 0 spiro atoms. The highest BCUT2D eigenvalue weighted by molar-refractivity contribution is 9.10. The number of rotatable bonds is 3. The lowest BCUT2D eigenvalue weighted by molar-refractivity contribution is 0.627. The molecule has 1 atom stereocenters. The highest BCUT2D eigenvalue weighted by atomic mass is 79.9. The Kier molecular flexibility index (Phi) is 3.72. The second-order valence-electron chi connectivity index (χ2n) is 4.56. The third-order valence-corrected chi connectivity index (χ3v) is 4.47. The number of hydrogen-bond donors (Lipinski definition) is 1. The van der Waals surface area contributed by atoms with Gasteiger partial charge in [0.2, 0.25) is 0 Å². The predicted molar refractivity (Wildman–Crippen MR) is 85.8 cm³/mol. The Morgan fingerprint density at radius 3 is 3.00 bits per heavy atom. The standard InChI is InChI=1S/C15H12BrFN2S/c1-9(19-14-7-11(16)2-3-12(14)17)10-6-15-13(18-8-10)4-5-20-15/h2-9,19H,1H3. The van der Waals surface area contributed by atoms with E-state index in [0.29, 0.717) is 5.69 Å². The van der Waals surface area contributed by atoms with Crippen molar-refractivity contribution in [3.8, 4) is 0 Å². The Labute approximate surface area is 128 Å². The van der Waals surface area contributed by atoms with Crippen LogP contribution in [0.3, 0.4) is 0 Å². The van der Waals surface area contributed by atoms with Crippen molar-refractivity contribution in [1.29, 1.82) is 0 Å². The average molecular weight is 351 g/mol. The molecule has 1 N–H and O–H groups in total. The summed E-state index contributed by atoms with van der Waals surface area (Å²) in [6, 6.07) is 8.95. The van der Waals surface area contributed by atoms with Crippen molar-refractivity contribution in [3.05, 3.63) is 57.8 Å². The number of thiophene rings is 1. The van der Waals surface area contributed by atoms with Crippen molar-refractivity contribution in [2.75, 3.05) is 5.32 Å². The number of benzene rings is 1. The van der Waals surface area contributed by atoms with Crippen LogP contribution in [-0.2, 0) is 0 Å². The quantitative estimate of drug-likeness (QED) is 0.686. The number of anilines is 1. The van der Waals surface area contributed by atoms with Gasteiger partial charge < -0.3 is 5.32 Å². The Morgan fingerprint density at radius 1 is 1.30 bits per heavy atom. The van der Waals surface area contributed by atoms with E-state index in [2.05, 4.69) is 32.3 Å². The lowest BCUT2D eigenvalue weighted by atomic mass is 10.1. The smallest absolute Gasteiger partial charge is 0.146 e. The molecule has 2 heterocycles. The fourth-order valence-corrected chi connectivity index (χ4v) is 3.17. The maximum atomic E-state index is 13.8. The lowest BCUT2D eigenvalue weighted by Gasteiger charge is -2.16. The Balaban J connectivity index is 1.88. The van der Waals surface area contributed by atoms with Gasteiger partial charge in [-0.1, -0.05) is 15.9 Å². The first kappa shape index (κ1) is 13.5. The molecule has 0 amide bonds. The van der Waals surface area contributed by atoms with Gasteiger partial charge in [-0.25, -0.2) is 4.39 Å². The van der Waals surface area contributed by atoms with Crippen LogP contribution >= 0.6 is 27.3 Å². The molecule has 0 radical (unpaired) electrons. The number of nitrogens with one attached hydrogen (secondary N) is 1. The summed E-state index contributed by atoms with van der Waals surface area (Å²) >= 11 is 5.01. The second kappa shape index (κ2) is 5.50. The third-order valence-electron chi connectivity index (χ3n) is 3.12. The fraction of sp³-hybridized carbons (Fsp3) is 0.133. The molecule has 0 bridgehead atoms. The summed E-state index contributed by atoms with van der Waals surface area (Å²) in [4.78, 5) is 4.41. The highest BCUT2D eigenvalue weighted by Crippen LogP contribution is 2.27. The van der Waals surface area contributed by atoms with Gasteiger partial charge in [-0.3, -0.25) is 4.98 Å². The average Bonchev–Trinajstić information content (AvgIpc) is 2.90. The zero-order valence-electron chi connectivity index (χ0n) is 10.7. The van der Waals surface area contributed by atoms with Crippen LogP contribution in [0.5, 0.6) is 0 Å². The summed E-state index contributed by atoms with van der Waals surface area (Å²) in [6.07, 6.45) is 1.84. The van der Waals surface area contributed by atoms with Crippen LogP contribution in [0.2, 0.25) is 0 Å². The molecule has 3 rings (SSSR count). The van der Waals surface area contributed by atoms with Crippen LogP contribution in [0.15, 0.2) is 46.4 Å². The SMILES string of the molecule is CC(Nc1cc(Br)ccc1F)c1cnc2ccsc2c1. The number of nitrogens with zero attached hydrogens (tertiary/aromatic N) is 1. The molecular weight excluding hydrogens is 339 g/mol. The van der Waals surface area contributed by atoms with Gasteiger partial charge in [0.1, 0.15) is 5.82 Å². The first-order valence-corrected chi connectivity index (χ1v) is 7.85. The van der Waals surface area contributed by atoms with E-state index >= 15 is 0 Å². The molecule has 102 valence electrons. The molecule has 2 nitrogen and oxygen atoms in total. The largest absolute Gasteiger partial charge is 0.376 e. The predicted octanol–water partition coefficient (Wildman–Crippen LogP) is 5.37. The Bertz CT molecular complexity index is 756. The Hall–Kier alpha value is -1.46.